The van der Waals surface area contributed by atoms with E-state index < -0.39 is 6.10 Å². The molecule has 0 amide bonds. The zero-order chi connectivity index (χ0) is 11.4. The molecule has 0 saturated carbocycles. The minimum Gasteiger partial charge on any atom is -0.383 e. The van der Waals surface area contributed by atoms with Crippen LogP contribution in [0, 0.1) is 0 Å². The van der Waals surface area contributed by atoms with E-state index in [9.17, 15) is 5.11 Å². The number of hydrogen-bond donors (Lipinski definition) is 1. The number of allylic oxidation sites excluding steroid dienone is 2. The van der Waals surface area contributed by atoms with Gasteiger partial charge in [-0.05, 0) is 18.2 Å². The molecule has 1 aromatic rings. The van der Waals surface area contributed by atoms with Gasteiger partial charge >= 0.3 is 0 Å². The summed E-state index contributed by atoms with van der Waals surface area (Å²) in [4.78, 5) is 2.08. The minimum absolute atomic E-state index is 0.620. The minimum atomic E-state index is -0.620. The Morgan fingerprint density at radius 2 is 2.06 bits per heavy atom. The molecule has 2 heteroatoms. The number of aliphatic hydroxyl groups excluding tert-OH is 1. The fourth-order valence-corrected chi connectivity index (χ4v) is 1.77. The van der Waals surface area contributed by atoms with E-state index in [0.717, 1.165) is 17.9 Å². The van der Waals surface area contributed by atoms with Crippen molar-refractivity contribution in [3.8, 4) is 0 Å². The second-order valence-corrected chi connectivity index (χ2v) is 3.65. The summed E-state index contributed by atoms with van der Waals surface area (Å²) in [6.07, 6.45) is 6.86. The van der Waals surface area contributed by atoms with Crippen molar-refractivity contribution in [3.63, 3.8) is 0 Å². The van der Waals surface area contributed by atoms with Gasteiger partial charge in [0.15, 0.2) is 0 Å². The van der Waals surface area contributed by atoms with E-state index in [1.54, 1.807) is 6.08 Å². The number of anilines is 1. The van der Waals surface area contributed by atoms with Crippen molar-refractivity contribution in [1.29, 1.82) is 0 Å². The third-order valence-corrected chi connectivity index (χ3v) is 2.60. The molecule has 82 valence electrons. The first-order chi connectivity index (χ1) is 7.83. The van der Waals surface area contributed by atoms with E-state index in [1.165, 1.54) is 0 Å². The van der Waals surface area contributed by atoms with Gasteiger partial charge in [0, 0.05) is 12.2 Å². The SMILES string of the molecule is C=CC(O)C1=CC=CCN1c1ccccc1. The molecule has 1 N–H and O–H groups in total. The van der Waals surface area contributed by atoms with Crippen LogP contribution in [0.4, 0.5) is 5.69 Å². The first kappa shape index (κ1) is 10.7. The molecule has 1 aliphatic heterocycles. The Kier molecular flexibility index (Phi) is 3.22. The third kappa shape index (κ3) is 2.07. The number of hydrogen-bond acceptors (Lipinski definition) is 2. The maximum absolute atomic E-state index is 9.85. The molecule has 0 saturated heterocycles. The molecule has 0 spiro atoms. The van der Waals surface area contributed by atoms with Crippen LogP contribution < -0.4 is 4.90 Å². The van der Waals surface area contributed by atoms with Crippen LogP contribution in [0.5, 0.6) is 0 Å². The summed E-state index contributed by atoms with van der Waals surface area (Å²) in [5.41, 5.74) is 1.95. The van der Waals surface area contributed by atoms with Crippen LogP contribution in [0.25, 0.3) is 0 Å². The zero-order valence-electron chi connectivity index (χ0n) is 9.08. The predicted molar refractivity (Wildman–Crippen MR) is 67.2 cm³/mol. The van der Waals surface area contributed by atoms with Crippen LogP contribution >= 0.6 is 0 Å². The van der Waals surface area contributed by atoms with Crippen molar-refractivity contribution in [2.75, 3.05) is 11.4 Å². The summed E-state index contributed by atoms with van der Waals surface area (Å²) in [6, 6.07) is 10.0. The van der Waals surface area contributed by atoms with E-state index in [4.69, 9.17) is 0 Å². The zero-order valence-corrected chi connectivity index (χ0v) is 9.08. The van der Waals surface area contributed by atoms with Gasteiger partial charge in [-0.2, -0.15) is 0 Å². The van der Waals surface area contributed by atoms with E-state index in [-0.39, 0.29) is 0 Å². The summed E-state index contributed by atoms with van der Waals surface area (Å²) >= 11 is 0. The average Bonchev–Trinajstić information content (AvgIpc) is 2.39. The van der Waals surface area contributed by atoms with Gasteiger partial charge in [-0.15, -0.1) is 6.58 Å². The molecule has 0 bridgehead atoms. The second-order valence-electron chi connectivity index (χ2n) is 3.65. The molecule has 0 aromatic heterocycles. The van der Waals surface area contributed by atoms with E-state index in [2.05, 4.69) is 17.6 Å². The van der Waals surface area contributed by atoms with Crippen LogP contribution in [0.1, 0.15) is 0 Å². The summed E-state index contributed by atoms with van der Waals surface area (Å²) in [5.74, 6) is 0. The van der Waals surface area contributed by atoms with E-state index in [1.807, 2.05) is 42.5 Å². The van der Waals surface area contributed by atoms with Gasteiger partial charge in [-0.25, -0.2) is 0 Å². The Bertz CT molecular complexity index is 420. The van der Waals surface area contributed by atoms with Gasteiger partial charge in [-0.3, -0.25) is 0 Å². The molecule has 1 heterocycles. The fourth-order valence-electron chi connectivity index (χ4n) is 1.77. The fraction of sp³-hybridized carbons (Fsp3) is 0.143. The van der Waals surface area contributed by atoms with Crippen molar-refractivity contribution in [3.05, 3.63) is 66.9 Å². The highest BCUT2D eigenvalue weighted by Gasteiger charge is 2.17. The van der Waals surface area contributed by atoms with Crippen LogP contribution in [0.2, 0.25) is 0 Å². The van der Waals surface area contributed by atoms with Gasteiger partial charge < -0.3 is 10.0 Å². The monoisotopic (exact) mass is 213 g/mol. The molecule has 2 nitrogen and oxygen atoms in total. The Hall–Kier alpha value is -1.80. The second kappa shape index (κ2) is 4.81. The van der Waals surface area contributed by atoms with Crippen molar-refractivity contribution in [2.24, 2.45) is 0 Å². The van der Waals surface area contributed by atoms with Gasteiger partial charge in [0.1, 0.15) is 6.10 Å². The van der Waals surface area contributed by atoms with Crippen LogP contribution in [-0.2, 0) is 0 Å². The smallest absolute Gasteiger partial charge is 0.112 e. The lowest BCUT2D eigenvalue weighted by molar-refractivity contribution is 0.255. The van der Waals surface area contributed by atoms with Gasteiger partial charge in [0.05, 0.1) is 5.70 Å². The molecule has 0 fully saturated rings. The van der Waals surface area contributed by atoms with Crippen LogP contribution in [-0.4, -0.2) is 17.8 Å². The van der Waals surface area contributed by atoms with Crippen molar-refractivity contribution >= 4 is 5.69 Å². The first-order valence-electron chi connectivity index (χ1n) is 5.33. The van der Waals surface area contributed by atoms with Gasteiger partial charge in [0.25, 0.3) is 0 Å². The van der Waals surface area contributed by atoms with Crippen molar-refractivity contribution in [1.82, 2.24) is 0 Å². The molecule has 16 heavy (non-hydrogen) atoms. The highest BCUT2D eigenvalue weighted by Crippen LogP contribution is 2.23. The number of nitrogens with zero attached hydrogens (tertiary/aromatic N) is 1. The van der Waals surface area contributed by atoms with E-state index >= 15 is 0 Å². The Balaban J connectivity index is 2.31. The first-order valence-corrected chi connectivity index (χ1v) is 5.33. The molecule has 1 aromatic carbocycles. The molecular weight excluding hydrogens is 198 g/mol. The quantitative estimate of drug-likeness (QED) is 0.780. The summed E-state index contributed by atoms with van der Waals surface area (Å²) in [6.45, 7) is 4.40. The summed E-state index contributed by atoms with van der Waals surface area (Å²) in [7, 11) is 0. The van der Waals surface area contributed by atoms with Crippen molar-refractivity contribution < 1.29 is 5.11 Å². The number of benzene rings is 1. The Morgan fingerprint density at radius 1 is 1.31 bits per heavy atom. The number of rotatable bonds is 3. The molecule has 1 aliphatic rings. The molecule has 1 unspecified atom stereocenters. The lowest BCUT2D eigenvalue weighted by Gasteiger charge is -2.30. The molecule has 1 atom stereocenters. The molecule has 2 rings (SSSR count). The maximum atomic E-state index is 9.85. The Morgan fingerprint density at radius 3 is 2.75 bits per heavy atom. The average molecular weight is 213 g/mol. The number of para-hydroxylation sites is 1. The van der Waals surface area contributed by atoms with E-state index in [0.29, 0.717) is 0 Å². The maximum Gasteiger partial charge on any atom is 0.112 e. The van der Waals surface area contributed by atoms with Gasteiger partial charge in [-0.1, -0.05) is 36.4 Å². The highest BCUT2D eigenvalue weighted by molar-refractivity contribution is 5.55. The third-order valence-electron chi connectivity index (χ3n) is 2.60. The largest absolute Gasteiger partial charge is 0.383 e. The predicted octanol–water partition coefficient (Wildman–Crippen LogP) is 2.49. The normalized spacial score (nSPS) is 16.8. The molecule has 0 radical (unpaired) electrons. The summed E-state index contributed by atoms with van der Waals surface area (Å²) in [5, 5.41) is 9.85. The van der Waals surface area contributed by atoms with Crippen molar-refractivity contribution in [2.45, 2.75) is 6.10 Å². The van der Waals surface area contributed by atoms with Gasteiger partial charge in [0.2, 0.25) is 0 Å². The molecular formula is C14H15NO. The number of aliphatic hydroxyl groups is 1. The lowest BCUT2D eigenvalue weighted by atomic mass is 10.1. The Labute approximate surface area is 95.8 Å². The lowest BCUT2D eigenvalue weighted by Crippen LogP contribution is -2.30. The standard InChI is InChI=1S/C14H15NO/c1-2-14(16)13-10-6-7-11-15(13)12-8-4-3-5-9-12/h2-10,14,16H,1,11H2. The van der Waals surface area contributed by atoms with Crippen LogP contribution in [0.3, 0.4) is 0 Å². The summed E-state index contributed by atoms with van der Waals surface area (Å²) < 4.78 is 0. The topological polar surface area (TPSA) is 23.5 Å². The van der Waals surface area contributed by atoms with Crippen LogP contribution in [0.15, 0.2) is 66.9 Å². The highest BCUT2D eigenvalue weighted by atomic mass is 16.3. The molecule has 0 aliphatic carbocycles.